The third-order valence-corrected chi connectivity index (χ3v) is 5.45. The van der Waals surface area contributed by atoms with Crippen LogP contribution in [0.5, 0.6) is 11.5 Å². The van der Waals surface area contributed by atoms with E-state index >= 15 is 0 Å². The summed E-state index contributed by atoms with van der Waals surface area (Å²) >= 11 is 0. The zero-order chi connectivity index (χ0) is 22.9. The summed E-state index contributed by atoms with van der Waals surface area (Å²) in [5, 5.41) is 5.50. The molecule has 2 N–H and O–H groups in total. The van der Waals surface area contributed by atoms with Gasteiger partial charge in [0, 0.05) is 31.5 Å². The topological polar surface area (TPSA) is 93.7 Å². The predicted molar refractivity (Wildman–Crippen MR) is 121 cm³/mol. The van der Waals surface area contributed by atoms with Crippen LogP contribution in [0.15, 0.2) is 36.4 Å². The number of amides is 2. The van der Waals surface area contributed by atoms with Gasteiger partial charge in [-0.3, -0.25) is 14.4 Å². The second-order valence-electron chi connectivity index (χ2n) is 7.76. The molecule has 2 aromatic carbocycles. The Morgan fingerprint density at radius 2 is 1.72 bits per heavy atom. The van der Waals surface area contributed by atoms with Gasteiger partial charge >= 0.3 is 0 Å². The van der Waals surface area contributed by atoms with E-state index in [2.05, 4.69) is 10.6 Å². The maximum atomic E-state index is 12.5. The van der Waals surface area contributed by atoms with Crippen LogP contribution in [-0.4, -0.2) is 37.9 Å². The van der Waals surface area contributed by atoms with Gasteiger partial charge in [0.15, 0.2) is 23.9 Å². The fourth-order valence-electron chi connectivity index (χ4n) is 3.74. The van der Waals surface area contributed by atoms with Crippen molar-refractivity contribution in [3.05, 3.63) is 58.7 Å². The van der Waals surface area contributed by atoms with Crippen LogP contribution < -0.4 is 20.1 Å². The van der Waals surface area contributed by atoms with Gasteiger partial charge < -0.3 is 20.1 Å². The molecule has 0 fully saturated rings. The minimum atomic E-state index is -0.208. The van der Waals surface area contributed by atoms with E-state index in [1.807, 2.05) is 25.1 Å². The maximum absolute atomic E-state index is 12.5. The number of hydrogen-bond donors (Lipinski definition) is 2. The number of hydrogen-bond acceptors (Lipinski definition) is 5. The van der Waals surface area contributed by atoms with Gasteiger partial charge in [-0.25, -0.2) is 0 Å². The van der Waals surface area contributed by atoms with E-state index in [4.69, 9.17) is 9.47 Å². The Balaban J connectivity index is 1.46. The van der Waals surface area contributed by atoms with Crippen LogP contribution in [0.4, 0.5) is 0 Å². The monoisotopic (exact) mass is 438 g/mol. The molecule has 0 saturated heterocycles. The van der Waals surface area contributed by atoms with Crippen LogP contribution in [0.3, 0.4) is 0 Å². The number of likely N-dealkylation sites (N-methyl/N-ethyl adjacent to an activating group) is 1. The zero-order valence-corrected chi connectivity index (χ0v) is 18.7. The lowest BCUT2D eigenvalue weighted by atomic mass is 10.0. The quantitative estimate of drug-likeness (QED) is 0.526. The van der Waals surface area contributed by atoms with Crippen LogP contribution in [0, 0.1) is 0 Å². The summed E-state index contributed by atoms with van der Waals surface area (Å²) in [6, 6.07) is 11.1. The largest absolute Gasteiger partial charge is 0.493 e. The summed E-state index contributed by atoms with van der Waals surface area (Å²) in [5.41, 5.74) is 4.10. The lowest BCUT2D eigenvalue weighted by Gasteiger charge is -2.12. The van der Waals surface area contributed by atoms with Crippen molar-refractivity contribution in [2.24, 2.45) is 0 Å². The third kappa shape index (κ3) is 6.33. The number of nitrogens with one attached hydrogen (secondary N) is 2. The van der Waals surface area contributed by atoms with Crippen molar-refractivity contribution in [2.45, 2.75) is 45.6 Å². The van der Waals surface area contributed by atoms with Crippen LogP contribution in [0.1, 0.15) is 53.2 Å². The summed E-state index contributed by atoms with van der Waals surface area (Å²) < 4.78 is 10.8. The number of fused-ring (bicyclic) bond motifs is 1. The Labute approximate surface area is 188 Å². The fourth-order valence-corrected chi connectivity index (χ4v) is 3.74. The minimum Gasteiger partial charge on any atom is -0.493 e. The number of Topliss-reactive ketones (excluding diaryl/α,β-unsaturated/α-hetero) is 1. The first-order valence-corrected chi connectivity index (χ1v) is 11.0. The number of carbonyl (C=O) groups excluding carboxylic acids is 3. The molecule has 0 radical (unpaired) electrons. The molecular weight excluding hydrogens is 408 g/mol. The third-order valence-electron chi connectivity index (χ3n) is 5.45. The lowest BCUT2D eigenvalue weighted by Crippen LogP contribution is -2.28. The molecule has 3 rings (SSSR count). The van der Waals surface area contributed by atoms with E-state index in [9.17, 15) is 14.4 Å². The van der Waals surface area contributed by atoms with E-state index in [1.54, 1.807) is 18.2 Å². The molecule has 2 amide bonds. The Hall–Kier alpha value is -3.35. The van der Waals surface area contributed by atoms with E-state index in [0.29, 0.717) is 30.2 Å². The number of ketones is 1. The molecule has 7 nitrogen and oxygen atoms in total. The fraction of sp³-hybridized carbons (Fsp3) is 0.400. The molecule has 2 aromatic rings. The maximum Gasteiger partial charge on any atom is 0.257 e. The van der Waals surface area contributed by atoms with Gasteiger partial charge in [-0.1, -0.05) is 18.2 Å². The smallest absolute Gasteiger partial charge is 0.257 e. The number of carbonyl (C=O) groups is 3. The first-order chi connectivity index (χ1) is 15.5. The van der Waals surface area contributed by atoms with E-state index in [1.165, 1.54) is 18.2 Å². The van der Waals surface area contributed by atoms with Crippen molar-refractivity contribution in [3.63, 3.8) is 0 Å². The van der Waals surface area contributed by atoms with E-state index in [0.717, 1.165) is 24.8 Å². The van der Waals surface area contributed by atoms with Gasteiger partial charge in [0.1, 0.15) is 0 Å². The number of ether oxygens (including phenoxy) is 2. The second kappa shape index (κ2) is 11.3. The number of aryl methyl sites for hydroxylation is 2. The van der Waals surface area contributed by atoms with Crippen LogP contribution in [-0.2, 0) is 29.0 Å². The highest BCUT2D eigenvalue weighted by Crippen LogP contribution is 2.28. The summed E-state index contributed by atoms with van der Waals surface area (Å²) in [6.45, 7) is 2.58. The standard InChI is InChI=1S/C25H30N2O5/c1-3-26-25(30)16-32-22-11-7-17(13-23(22)31-2)15-27-24(29)12-10-21(28)20-9-8-18-5-4-6-19(18)14-20/h7-9,11,13-14H,3-6,10,12,15-16H2,1-2H3,(H,26,30)(H,27,29). The average Bonchev–Trinajstić information content (AvgIpc) is 3.28. The average molecular weight is 439 g/mol. The van der Waals surface area contributed by atoms with E-state index < -0.39 is 0 Å². The Morgan fingerprint density at radius 3 is 2.50 bits per heavy atom. The van der Waals surface area contributed by atoms with Crippen molar-refractivity contribution in [1.29, 1.82) is 0 Å². The van der Waals surface area contributed by atoms with Crippen molar-refractivity contribution in [3.8, 4) is 11.5 Å². The molecule has 0 heterocycles. The molecule has 7 heteroatoms. The molecular formula is C25H30N2O5. The SMILES string of the molecule is CCNC(=O)COc1ccc(CNC(=O)CCC(=O)c2ccc3c(c2)CCC3)cc1OC. The lowest BCUT2D eigenvalue weighted by molar-refractivity contribution is -0.123. The zero-order valence-electron chi connectivity index (χ0n) is 18.7. The van der Waals surface area contributed by atoms with Gasteiger partial charge in [-0.15, -0.1) is 0 Å². The molecule has 0 atom stereocenters. The van der Waals surface area contributed by atoms with Gasteiger partial charge in [0.05, 0.1) is 7.11 Å². The summed E-state index contributed by atoms with van der Waals surface area (Å²) in [7, 11) is 1.52. The molecule has 0 unspecified atom stereocenters. The highest BCUT2D eigenvalue weighted by molar-refractivity contribution is 5.98. The van der Waals surface area contributed by atoms with Crippen molar-refractivity contribution in [2.75, 3.05) is 20.3 Å². The number of benzene rings is 2. The summed E-state index contributed by atoms with van der Waals surface area (Å²) in [6.07, 6.45) is 3.57. The number of rotatable bonds is 11. The van der Waals surface area contributed by atoms with E-state index in [-0.39, 0.29) is 37.0 Å². The summed E-state index contributed by atoms with van der Waals surface area (Å²) in [5.74, 6) is 0.530. The first-order valence-electron chi connectivity index (χ1n) is 11.0. The Morgan fingerprint density at radius 1 is 0.906 bits per heavy atom. The molecule has 0 aromatic heterocycles. The second-order valence-corrected chi connectivity index (χ2v) is 7.76. The molecule has 0 bridgehead atoms. The van der Waals surface area contributed by atoms with Gasteiger partial charge in [0.25, 0.3) is 5.91 Å². The molecule has 0 aliphatic heterocycles. The Bertz CT molecular complexity index is 986. The van der Waals surface area contributed by atoms with Crippen LogP contribution in [0.2, 0.25) is 0 Å². The molecule has 170 valence electrons. The van der Waals surface area contributed by atoms with Gasteiger partial charge in [-0.05, 0) is 61.1 Å². The van der Waals surface area contributed by atoms with Crippen molar-refractivity contribution in [1.82, 2.24) is 10.6 Å². The molecule has 1 aliphatic carbocycles. The van der Waals surface area contributed by atoms with Gasteiger partial charge in [0.2, 0.25) is 5.91 Å². The van der Waals surface area contributed by atoms with Gasteiger partial charge in [-0.2, -0.15) is 0 Å². The highest BCUT2D eigenvalue weighted by atomic mass is 16.5. The van der Waals surface area contributed by atoms with Crippen molar-refractivity contribution < 1.29 is 23.9 Å². The Kier molecular flexibility index (Phi) is 8.25. The first kappa shape index (κ1) is 23.3. The predicted octanol–water partition coefficient (Wildman–Crippen LogP) is 2.98. The molecule has 0 saturated carbocycles. The van der Waals surface area contributed by atoms with Crippen LogP contribution in [0.25, 0.3) is 0 Å². The minimum absolute atomic E-state index is 0.00914. The normalized spacial score (nSPS) is 12.1. The molecule has 32 heavy (non-hydrogen) atoms. The number of methoxy groups -OCH3 is 1. The highest BCUT2D eigenvalue weighted by Gasteiger charge is 2.15. The summed E-state index contributed by atoms with van der Waals surface area (Å²) in [4.78, 5) is 36.3. The van der Waals surface area contributed by atoms with Crippen LogP contribution >= 0.6 is 0 Å². The molecule has 0 spiro atoms. The molecule has 1 aliphatic rings. The van der Waals surface area contributed by atoms with Crippen molar-refractivity contribution >= 4 is 17.6 Å².